The van der Waals surface area contributed by atoms with Crippen LogP contribution in [0.25, 0.3) is 0 Å². The number of benzene rings is 2. The first-order valence-electron chi connectivity index (χ1n) is 9.25. The number of phenolic OH excluding ortho intramolecular Hbond substituents is 1. The zero-order valence-electron chi connectivity index (χ0n) is 15.9. The zero-order chi connectivity index (χ0) is 18.9. The van der Waals surface area contributed by atoms with Crippen LogP contribution in [0.5, 0.6) is 5.75 Å². The van der Waals surface area contributed by atoms with Crippen molar-refractivity contribution < 1.29 is 14.6 Å². The minimum absolute atomic E-state index is 0.0821. The molecule has 0 spiro atoms. The minimum atomic E-state index is -0.460. The van der Waals surface area contributed by atoms with Crippen LogP contribution in [0.4, 0.5) is 0 Å². The Bertz CT molecular complexity index is 726. The molecule has 0 heterocycles. The number of aromatic hydroxyl groups is 1. The molecule has 26 heavy (non-hydrogen) atoms. The van der Waals surface area contributed by atoms with E-state index in [1.165, 1.54) is 30.8 Å². The monoisotopic (exact) mass is 420 g/mol. The van der Waals surface area contributed by atoms with Crippen LogP contribution < -0.4 is 8.92 Å². The van der Waals surface area contributed by atoms with Crippen LogP contribution in [-0.2, 0) is 11.2 Å². The third-order valence-electron chi connectivity index (χ3n) is 4.50. The summed E-state index contributed by atoms with van der Waals surface area (Å²) >= 11 is 0.0821. The fourth-order valence-electron chi connectivity index (χ4n) is 2.98. The molecule has 0 saturated carbocycles. The Morgan fingerprint density at radius 2 is 1.81 bits per heavy atom. The second-order valence-corrected chi connectivity index (χ2v) is 8.79. The number of unbranched alkanes of at least 4 members (excludes halogenated alkanes) is 4. The molecule has 0 atom stereocenters. The Balaban J connectivity index is 2.31. The Hall–Kier alpha value is -1.77. The zero-order valence-corrected chi connectivity index (χ0v) is 17.6. The fourth-order valence-corrected chi connectivity index (χ4v) is 5.08. The van der Waals surface area contributed by atoms with Gasteiger partial charge >= 0.3 is 163 Å². The van der Waals surface area contributed by atoms with E-state index in [9.17, 15) is 9.90 Å². The van der Waals surface area contributed by atoms with Crippen molar-refractivity contribution in [1.29, 1.82) is 0 Å². The molecule has 2 aromatic rings. The van der Waals surface area contributed by atoms with Crippen molar-refractivity contribution in [2.45, 2.75) is 52.4 Å². The second-order valence-electron chi connectivity index (χ2n) is 6.45. The van der Waals surface area contributed by atoms with Crippen molar-refractivity contribution in [3.05, 3.63) is 53.1 Å². The molecule has 0 bridgehead atoms. The van der Waals surface area contributed by atoms with Crippen molar-refractivity contribution in [3.8, 4) is 5.75 Å². The van der Waals surface area contributed by atoms with Gasteiger partial charge in [0.25, 0.3) is 0 Å². The molecule has 2 aromatic carbocycles. The summed E-state index contributed by atoms with van der Waals surface area (Å²) in [6.45, 7) is 4.10. The molecule has 0 aliphatic carbocycles. The molecule has 0 fully saturated rings. The van der Waals surface area contributed by atoms with Crippen molar-refractivity contribution in [1.82, 2.24) is 0 Å². The normalized spacial score (nSPS) is 10.7. The van der Waals surface area contributed by atoms with Crippen LogP contribution in [0.3, 0.4) is 0 Å². The number of rotatable bonds is 9. The van der Waals surface area contributed by atoms with Gasteiger partial charge < -0.3 is 0 Å². The molecule has 0 unspecified atom stereocenters. The summed E-state index contributed by atoms with van der Waals surface area (Å²) in [5, 5.41) is 10.7. The van der Waals surface area contributed by atoms with Crippen molar-refractivity contribution in [3.63, 3.8) is 0 Å². The number of esters is 1. The Morgan fingerprint density at radius 1 is 1.12 bits per heavy atom. The van der Waals surface area contributed by atoms with Gasteiger partial charge in [-0.15, -0.1) is 0 Å². The van der Waals surface area contributed by atoms with Crippen molar-refractivity contribution >= 4 is 29.8 Å². The van der Waals surface area contributed by atoms with E-state index < -0.39 is 5.97 Å². The van der Waals surface area contributed by atoms with E-state index in [1.807, 2.05) is 25.1 Å². The van der Waals surface area contributed by atoms with Gasteiger partial charge in [-0.3, -0.25) is 0 Å². The average Bonchev–Trinajstić information content (AvgIpc) is 2.65. The van der Waals surface area contributed by atoms with E-state index in [0.29, 0.717) is 5.56 Å². The molecule has 0 aliphatic heterocycles. The van der Waals surface area contributed by atoms with Crippen LogP contribution in [0.1, 0.15) is 60.5 Å². The summed E-state index contributed by atoms with van der Waals surface area (Å²) in [5.41, 5.74) is 2.01. The number of ether oxygens (including phenoxy) is 1. The third kappa shape index (κ3) is 5.36. The maximum atomic E-state index is 12.3. The number of phenols is 1. The van der Waals surface area contributed by atoms with Gasteiger partial charge in [0.1, 0.15) is 0 Å². The molecule has 0 amide bonds. The first kappa shape index (κ1) is 20.5. The first-order valence-corrected chi connectivity index (χ1v) is 11.0. The quantitative estimate of drug-likeness (QED) is 0.383. The summed E-state index contributed by atoms with van der Waals surface area (Å²) in [5.74, 6) is -0.365. The number of carbonyl (C=O) groups is 1. The molecule has 140 valence electrons. The van der Waals surface area contributed by atoms with E-state index in [0.717, 1.165) is 34.9 Å². The number of methoxy groups -OCH3 is 1. The van der Waals surface area contributed by atoms with Crippen LogP contribution in [0.2, 0.25) is 0 Å². The molecule has 1 N–H and O–H groups in total. The van der Waals surface area contributed by atoms with Gasteiger partial charge in [0, 0.05) is 0 Å². The van der Waals surface area contributed by atoms with E-state index in [1.54, 1.807) is 0 Å². The molecule has 0 saturated heterocycles. The molecule has 4 heteroatoms. The summed E-state index contributed by atoms with van der Waals surface area (Å²) in [6, 6.07) is 12.4. The van der Waals surface area contributed by atoms with Gasteiger partial charge in [-0.2, -0.15) is 0 Å². The van der Waals surface area contributed by atoms with Crippen LogP contribution in [0.15, 0.2) is 36.4 Å². The first-order chi connectivity index (χ1) is 12.6. The predicted octanol–water partition coefficient (Wildman–Crippen LogP) is 3.66. The van der Waals surface area contributed by atoms with Crippen molar-refractivity contribution in [2.24, 2.45) is 0 Å². The number of hydrogen-bond acceptors (Lipinski definition) is 3. The van der Waals surface area contributed by atoms with Gasteiger partial charge in [0.15, 0.2) is 0 Å². The maximum absolute atomic E-state index is 12.3. The SMILES string of the molecule is CCCCCCCc1cc([Se]c2ccccc2)c(C)c(C(=O)OC)c1O. The molecule has 3 nitrogen and oxygen atoms in total. The Kier molecular flexibility index (Phi) is 8.21. The van der Waals surface area contributed by atoms with Crippen molar-refractivity contribution in [2.75, 3.05) is 7.11 Å². The second kappa shape index (κ2) is 10.4. The number of carbonyl (C=O) groups excluding carboxylic acids is 1. The predicted molar refractivity (Wildman–Crippen MR) is 108 cm³/mol. The van der Waals surface area contributed by atoms with E-state index in [2.05, 4.69) is 25.1 Å². The summed E-state index contributed by atoms with van der Waals surface area (Å²) in [4.78, 5) is 12.3. The van der Waals surface area contributed by atoms with Crippen LogP contribution in [0, 0.1) is 6.92 Å². The summed E-state index contributed by atoms with van der Waals surface area (Å²) in [6.07, 6.45) is 6.63. The van der Waals surface area contributed by atoms with Gasteiger partial charge in [-0.25, -0.2) is 0 Å². The van der Waals surface area contributed by atoms with E-state index >= 15 is 0 Å². The summed E-state index contributed by atoms with van der Waals surface area (Å²) in [7, 11) is 1.36. The average molecular weight is 419 g/mol. The molecule has 0 radical (unpaired) electrons. The summed E-state index contributed by atoms with van der Waals surface area (Å²) < 4.78 is 7.30. The fraction of sp³-hybridized carbons (Fsp3) is 0.409. The van der Waals surface area contributed by atoms with E-state index in [-0.39, 0.29) is 20.7 Å². The Morgan fingerprint density at radius 3 is 2.46 bits per heavy atom. The molecule has 2 rings (SSSR count). The molecule has 0 aromatic heterocycles. The Labute approximate surface area is 162 Å². The van der Waals surface area contributed by atoms with Gasteiger partial charge in [0.05, 0.1) is 0 Å². The molecule has 0 aliphatic rings. The van der Waals surface area contributed by atoms with Gasteiger partial charge in [-0.1, -0.05) is 0 Å². The third-order valence-corrected chi connectivity index (χ3v) is 6.92. The van der Waals surface area contributed by atoms with Crippen LogP contribution in [-0.4, -0.2) is 33.1 Å². The molecular formula is C22H28O3Se. The molecular weight excluding hydrogens is 391 g/mol. The van der Waals surface area contributed by atoms with E-state index in [4.69, 9.17) is 4.74 Å². The van der Waals surface area contributed by atoms with Gasteiger partial charge in [0.2, 0.25) is 0 Å². The topological polar surface area (TPSA) is 46.5 Å². The number of hydrogen-bond donors (Lipinski definition) is 1. The standard InChI is InChI=1S/C22H28O3Se/c1-4-5-6-7-9-12-17-15-19(26-18-13-10-8-11-14-18)16(2)20(21(17)23)22(24)25-3/h8,10-11,13-15,23H,4-7,9,12H2,1-3H3. The van der Waals surface area contributed by atoms with Crippen LogP contribution >= 0.6 is 0 Å². The number of aryl methyl sites for hydroxylation is 1. The van der Waals surface area contributed by atoms with Gasteiger partial charge in [-0.05, 0) is 0 Å².